The number of para-hydroxylation sites is 1. The van der Waals surface area contributed by atoms with Crippen molar-refractivity contribution in [1.29, 1.82) is 0 Å². The monoisotopic (exact) mass is 578 g/mol. The first kappa shape index (κ1) is 26.1. The van der Waals surface area contributed by atoms with Crippen LogP contribution in [0.15, 0.2) is 64.8 Å². The number of benzene rings is 1. The first-order valence-corrected chi connectivity index (χ1v) is 15.4. The summed E-state index contributed by atoms with van der Waals surface area (Å²) in [5.41, 5.74) is -6.08. The Morgan fingerprint density at radius 2 is 1.57 bits per heavy atom. The predicted octanol–water partition coefficient (Wildman–Crippen LogP) is 2.26. The smallest absolute Gasteiger partial charge is 0.243 e. The fraction of sp³-hybridized carbons (Fsp3) is 0.381. The van der Waals surface area contributed by atoms with E-state index in [1.165, 1.54) is 36.5 Å². The molecule has 1 N–H and O–H groups in total. The molecule has 2 aromatic heterocycles. The summed E-state index contributed by atoms with van der Waals surface area (Å²) in [5.74, 6) is 0. The van der Waals surface area contributed by atoms with E-state index in [1.807, 2.05) is 0 Å². The van der Waals surface area contributed by atoms with E-state index in [4.69, 9.17) is 0 Å². The molecule has 1 atom stereocenters. The van der Waals surface area contributed by atoms with Gasteiger partial charge in [-0.1, -0.05) is 24.3 Å². The molecule has 1 saturated carbocycles. The number of nitrogens with zero attached hydrogens (tertiary/aromatic N) is 3. The minimum atomic E-state index is -5.52. The zero-order valence-electron chi connectivity index (χ0n) is 19.0. The zero-order valence-corrected chi connectivity index (χ0v) is 21.4. The van der Waals surface area contributed by atoms with Gasteiger partial charge >= 0.3 is 15.5 Å². The van der Waals surface area contributed by atoms with Crippen molar-refractivity contribution < 1.29 is 38.4 Å². The maximum atomic E-state index is 13.7. The van der Waals surface area contributed by atoms with Gasteiger partial charge in [-0.05, 0) is 48.9 Å². The fourth-order valence-electron chi connectivity index (χ4n) is 4.75. The van der Waals surface area contributed by atoms with Crippen LogP contribution in [0.25, 0.3) is 10.9 Å². The number of halogens is 3. The maximum absolute atomic E-state index is 13.7. The Kier molecular flexibility index (Phi) is 5.99. The van der Waals surface area contributed by atoms with Gasteiger partial charge in [0, 0.05) is 30.7 Å². The van der Waals surface area contributed by atoms with Crippen molar-refractivity contribution in [2.24, 2.45) is 5.41 Å². The number of sulfonamides is 2. The molecule has 1 aliphatic carbocycles. The third kappa shape index (κ3) is 4.33. The third-order valence-corrected chi connectivity index (χ3v) is 11.7. The number of hydrogen-bond acceptors (Lipinski definition) is 7. The van der Waals surface area contributed by atoms with E-state index in [0.29, 0.717) is 5.39 Å². The van der Waals surface area contributed by atoms with Crippen LogP contribution in [0.1, 0.15) is 19.3 Å². The quantitative estimate of drug-likeness (QED) is 0.474. The van der Waals surface area contributed by atoms with Crippen LogP contribution in [-0.2, 0) is 30.1 Å². The van der Waals surface area contributed by atoms with E-state index in [9.17, 15) is 38.4 Å². The summed E-state index contributed by atoms with van der Waals surface area (Å²) in [6, 6.07) is 10.8. The largest absolute Gasteiger partial charge is 0.511 e. The van der Waals surface area contributed by atoms with E-state index in [0.717, 1.165) is 8.28 Å². The Morgan fingerprint density at radius 1 is 0.919 bits per heavy atom. The molecule has 2 aliphatic rings. The molecule has 2 fully saturated rings. The number of aromatic nitrogens is 2. The Morgan fingerprint density at radius 3 is 2.19 bits per heavy atom. The molecule has 16 heteroatoms. The summed E-state index contributed by atoms with van der Waals surface area (Å²) in [5, 5.41) is -0.457. The number of rotatable bonds is 6. The number of hydrogen-bond donors (Lipinski definition) is 1. The normalized spacial score (nSPS) is 20.9. The lowest BCUT2D eigenvalue weighted by molar-refractivity contribution is -0.0449. The van der Waals surface area contributed by atoms with Crippen LogP contribution < -0.4 is 4.72 Å². The second kappa shape index (κ2) is 8.49. The van der Waals surface area contributed by atoms with Gasteiger partial charge in [-0.25, -0.2) is 30.5 Å². The van der Waals surface area contributed by atoms with Gasteiger partial charge in [-0.3, -0.25) is 0 Å². The molecule has 1 saturated heterocycles. The van der Waals surface area contributed by atoms with E-state index >= 15 is 0 Å². The Labute approximate surface area is 211 Å². The molecule has 0 bridgehead atoms. The Hall–Kier alpha value is -2.53. The first-order valence-electron chi connectivity index (χ1n) is 11.0. The van der Waals surface area contributed by atoms with Crippen LogP contribution in [0.2, 0.25) is 0 Å². The van der Waals surface area contributed by atoms with E-state index < -0.39 is 52.1 Å². The molecule has 0 radical (unpaired) electrons. The summed E-state index contributed by atoms with van der Waals surface area (Å²) in [7, 11) is -14.3. The summed E-state index contributed by atoms with van der Waals surface area (Å²) < 4.78 is 119. The second-order valence-corrected chi connectivity index (χ2v) is 14.4. The average molecular weight is 579 g/mol. The topological polar surface area (TPSA) is 136 Å². The number of piperidine rings is 1. The van der Waals surface area contributed by atoms with E-state index in [1.54, 1.807) is 22.9 Å². The molecule has 37 heavy (non-hydrogen) atoms. The Bertz CT molecular complexity index is 1680. The lowest BCUT2D eigenvalue weighted by Gasteiger charge is -2.32. The standard InChI is InChI=1S/C21H21F3N4O6S3/c22-21(23,24)37(33,34)26-17-14-20(17)8-11-27(12-9-20)36(31,32)19-13-15-5-1-2-6-16(15)28(19)35(29,30)18-7-3-4-10-25-18/h1-7,10,13,17,26H,8-9,11-12,14H2/t17-/m0/s1. The van der Waals surface area contributed by atoms with Crippen molar-refractivity contribution in [2.75, 3.05) is 13.1 Å². The molecular formula is C21H21F3N4O6S3. The summed E-state index contributed by atoms with van der Waals surface area (Å²) >= 11 is 0. The van der Waals surface area contributed by atoms with E-state index in [-0.39, 0.29) is 42.9 Å². The van der Waals surface area contributed by atoms with Gasteiger partial charge < -0.3 is 0 Å². The minimum Gasteiger partial charge on any atom is -0.243 e. The molecule has 200 valence electrons. The molecule has 1 aliphatic heterocycles. The number of fused-ring (bicyclic) bond motifs is 1. The van der Waals surface area contributed by atoms with Gasteiger partial charge in [0.15, 0.2) is 10.1 Å². The van der Waals surface area contributed by atoms with Gasteiger partial charge in [0.05, 0.1) is 5.52 Å². The summed E-state index contributed by atoms with van der Waals surface area (Å²) in [6.07, 6.45) is 1.66. The highest BCUT2D eigenvalue weighted by Crippen LogP contribution is 2.55. The number of pyridine rings is 1. The van der Waals surface area contributed by atoms with Crippen LogP contribution in [-0.4, -0.2) is 63.2 Å². The predicted molar refractivity (Wildman–Crippen MR) is 126 cm³/mol. The van der Waals surface area contributed by atoms with Crippen molar-refractivity contribution in [3.63, 3.8) is 0 Å². The van der Waals surface area contributed by atoms with Gasteiger partial charge in [0.1, 0.15) is 0 Å². The highest BCUT2D eigenvalue weighted by Gasteiger charge is 2.60. The maximum Gasteiger partial charge on any atom is 0.511 e. The third-order valence-electron chi connectivity index (χ3n) is 6.89. The molecular weight excluding hydrogens is 557 g/mol. The van der Waals surface area contributed by atoms with Crippen LogP contribution in [0, 0.1) is 5.41 Å². The molecule has 1 aromatic carbocycles. The van der Waals surface area contributed by atoms with Gasteiger partial charge in [-0.15, -0.1) is 0 Å². The van der Waals surface area contributed by atoms with Crippen LogP contribution >= 0.6 is 0 Å². The minimum absolute atomic E-state index is 0.113. The van der Waals surface area contributed by atoms with Crippen molar-refractivity contribution in [1.82, 2.24) is 18.0 Å². The summed E-state index contributed by atoms with van der Waals surface area (Å²) in [4.78, 5) is 3.88. The SMILES string of the molecule is O=S(=O)(c1cc2ccccc2n1S(=O)(=O)c1ccccn1)N1CCC2(CC1)C[C@@H]2NS(=O)(=O)C(F)(F)F. The molecule has 5 rings (SSSR count). The number of nitrogens with one attached hydrogen (secondary N) is 1. The van der Waals surface area contributed by atoms with Crippen molar-refractivity contribution in [3.8, 4) is 0 Å². The number of alkyl halides is 3. The molecule has 10 nitrogen and oxygen atoms in total. The highest BCUT2D eigenvalue weighted by molar-refractivity contribution is 7.92. The highest BCUT2D eigenvalue weighted by atomic mass is 32.2. The van der Waals surface area contributed by atoms with Crippen molar-refractivity contribution in [3.05, 3.63) is 54.7 Å². The van der Waals surface area contributed by atoms with Gasteiger partial charge in [0.2, 0.25) is 0 Å². The second-order valence-electron chi connectivity index (χ2n) is 9.07. The molecule has 0 unspecified atom stereocenters. The summed E-state index contributed by atoms with van der Waals surface area (Å²) in [6.45, 7) is -0.227. The molecule has 0 amide bonds. The van der Waals surface area contributed by atoms with E-state index in [2.05, 4.69) is 4.98 Å². The fourth-order valence-corrected chi connectivity index (χ4v) is 9.03. The lowest BCUT2D eigenvalue weighted by atomic mass is 9.94. The molecule has 3 heterocycles. The van der Waals surface area contributed by atoms with Crippen LogP contribution in [0.5, 0.6) is 0 Å². The van der Waals surface area contributed by atoms with Gasteiger partial charge in [0.25, 0.3) is 20.0 Å². The lowest BCUT2D eigenvalue weighted by Crippen LogP contribution is -2.44. The molecule has 1 spiro atoms. The van der Waals surface area contributed by atoms with Crippen molar-refractivity contribution in [2.45, 2.75) is 40.9 Å². The first-order chi connectivity index (χ1) is 17.2. The van der Waals surface area contributed by atoms with Crippen LogP contribution in [0.3, 0.4) is 0 Å². The van der Waals surface area contributed by atoms with Crippen molar-refractivity contribution >= 4 is 41.0 Å². The van der Waals surface area contributed by atoms with Crippen LogP contribution in [0.4, 0.5) is 13.2 Å². The average Bonchev–Trinajstić information content (AvgIpc) is 3.30. The molecule has 3 aromatic rings. The Balaban J connectivity index is 1.45. The zero-order chi connectivity index (χ0) is 26.9. The van der Waals surface area contributed by atoms with Gasteiger partial charge in [-0.2, -0.15) is 25.9 Å².